The van der Waals surface area contributed by atoms with E-state index in [1.54, 1.807) is 13.3 Å². The second-order valence-electron chi connectivity index (χ2n) is 7.01. The zero-order chi connectivity index (χ0) is 19.8. The van der Waals surface area contributed by atoms with Crippen molar-refractivity contribution in [3.8, 4) is 5.75 Å². The lowest BCUT2D eigenvalue weighted by molar-refractivity contribution is -1.02. The molecule has 1 aliphatic heterocycles. The van der Waals surface area contributed by atoms with Crippen molar-refractivity contribution >= 4 is 23.7 Å². The smallest absolute Gasteiger partial charge is 0.295 e. The minimum absolute atomic E-state index is 0.0660. The van der Waals surface area contributed by atoms with Crippen molar-refractivity contribution in [3.63, 3.8) is 0 Å². The molecule has 0 unspecified atom stereocenters. The maximum absolute atomic E-state index is 12.1. The van der Waals surface area contributed by atoms with Gasteiger partial charge in [-0.1, -0.05) is 41.9 Å². The molecule has 3 rings (SSSR count). The van der Waals surface area contributed by atoms with Crippen molar-refractivity contribution in [3.05, 3.63) is 64.7 Å². The zero-order valence-electron chi connectivity index (χ0n) is 16.1. The summed E-state index contributed by atoms with van der Waals surface area (Å²) >= 11 is 6.26. The number of amides is 1. The first-order valence-electron chi connectivity index (χ1n) is 9.50. The molecule has 1 aliphatic rings. The van der Waals surface area contributed by atoms with E-state index in [4.69, 9.17) is 16.3 Å². The van der Waals surface area contributed by atoms with Crippen LogP contribution < -0.4 is 20.0 Å². The third-order valence-electron chi connectivity index (χ3n) is 4.97. The largest absolute Gasteiger partial charge is 0.497 e. The second kappa shape index (κ2) is 10.2. The van der Waals surface area contributed by atoms with Crippen molar-refractivity contribution in [2.75, 3.05) is 39.8 Å². The molecule has 2 aromatic rings. The van der Waals surface area contributed by atoms with Crippen LogP contribution in [-0.2, 0) is 11.3 Å². The van der Waals surface area contributed by atoms with Gasteiger partial charge in [0.2, 0.25) is 0 Å². The molecular formula is C21H27ClN4O2+2. The Morgan fingerprint density at radius 2 is 1.89 bits per heavy atom. The summed E-state index contributed by atoms with van der Waals surface area (Å²) in [6, 6.07) is 15.5. The summed E-state index contributed by atoms with van der Waals surface area (Å²) in [5.74, 6) is 0.695. The summed E-state index contributed by atoms with van der Waals surface area (Å²) in [6.07, 6.45) is 1.63. The Balaban J connectivity index is 1.40. The van der Waals surface area contributed by atoms with Crippen LogP contribution in [0.2, 0.25) is 5.02 Å². The summed E-state index contributed by atoms with van der Waals surface area (Å²) < 4.78 is 5.17. The number of carbonyl (C=O) groups is 1. The Morgan fingerprint density at radius 1 is 1.14 bits per heavy atom. The van der Waals surface area contributed by atoms with Gasteiger partial charge >= 0.3 is 0 Å². The molecule has 1 saturated heterocycles. The van der Waals surface area contributed by atoms with E-state index in [2.05, 4.69) is 16.6 Å². The molecule has 28 heavy (non-hydrogen) atoms. The number of hydrazone groups is 1. The summed E-state index contributed by atoms with van der Waals surface area (Å²) in [4.78, 5) is 14.9. The van der Waals surface area contributed by atoms with Crippen molar-refractivity contribution in [1.82, 2.24) is 5.43 Å². The first-order valence-corrected chi connectivity index (χ1v) is 9.88. The average Bonchev–Trinajstić information content (AvgIpc) is 2.71. The van der Waals surface area contributed by atoms with E-state index in [1.165, 1.54) is 15.4 Å². The van der Waals surface area contributed by atoms with Gasteiger partial charge in [-0.25, -0.2) is 5.43 Å². The van der Waals surface area contributed by atoms with Crippen LogP contribution in [-0.4, -0.2) is 52.0 Å². The molecule has 0 radical (unpaired) electrons. The number of quaternary nitrogens is 2. The van der Waals surface area contributed by atoms with Gasteiger partial charge in [-0.15, -0.1) is 0 Å². The van der Waals surface area contributed by atoms with Crippen LogP contribution in [0, 0.1) is 0 Å². The minimum atomic E-state index is -0.0660. The summed E-state index contributed by atoms with van der Waals surface area (Å²) in [7, 11) is 1.62. The van der Waals surface area contributed by atoms with Crippen LogP contribution in [0.15, 0.2) is 53.6 Å². The molecular weight excluding hydrogens is 376 g/mol. The third kappa shape index (κ3) is 6.05. The Labute approximate surface area is 170 Å². The topological polar surface area (TPSA) is 59.6 Å². The Morgan fingerprint density at radius 3 is 2.64 bits per heavy atom. The van der Waals surface area contributed by atoms with E-state index in [9.17, 15) is 4.79 Å². The van der Waals surface area contributed by atoms with Crippen molar-refractivity contribution in [2.45, 2.75) is 6.54 Å². The summed E-state index contributed by atoms with van der Waals surface area (Å²) in [6.45, 7) is 5.36. The third-order valence-corrected chi connectivity index (χ3v) is 5.34. The van der Waals surface area contributed by atoms with Gasteiger partial charge in [0.25, 0.3) is 5.91 Å². The highest BCUT2D eigenvalue weighted by Crippen LogP contribution is 2.13. The van der Waals surface area contributed by atoms with Gasteiger partial charge < -0.3 is 14.5 Å². The summed E-state index contributed by atoms with van der Waals surface area (Å²) in [5, 5.41) is 4.88. The normalized spacial score (nSPS) is 19.5. The molecule has 0 bridgehead atoms. The van der Waals surface area contributed by atoms with Crippen LogP contribution >= 0.6 is 11.6 Å². The molecule has 148 valence electrons. The number of rotatable bonds is 7. The van der Waals surface area contributed by atoms with Crippen molar-refractivity contribution < 1.29 is 19.3 Å². The number of nitrogens with one attached hydrogen (secondary N) is 3. The van der Waals surface area contributed by atoms with Crippen molar-refractivity contribution in [1.29, 1.82) is 0 Å². The second-order valence-corrected chi connectivity index (χ2v) is 7.42. The standard InChI is InChI=1S/C21H25ClN4O2/c1-28-19-7-4-5-17(13-19)14-23-24-21(27)16-26-11-9-25(10-12-26)15-18-6-2-3-8-20(18)22/h2-8,13-14H,9-12,15-16H2,1H3,(H,24,27)/p+2/b23-14-. The minimum Gasteiger partial charge on any atom is -0.497 e. The number of ether oxygens (including phenoxy) is 1. The van der Waals surface area contributed by atoms with E-state index >= 15 is 0 Å². The number of hydrogen-bond acceptors (Lipinski definition) is 3. The molecule has 0 aliphatic carbocycles. The molecule has 0 spiro atoms. The molecule has 1 fully saturated rings. The predicted molar refractivity (Wildman–Crippen MR) is 110 cm³/mol. The Kier molecular flexibility index (Phi) is 7.42. The number of halogens is 1. The quantitative estimate of drug-likeness (QED) is 0.443. The number of piperazine rings is 1. The molecule has 1 heterocycles. The van der Waals surface area contributed by atoms with Crippen LogP contribution in [0.3, 0.4) is 0 Å². The Bertz CT molecular complexity index is 820. The number of benzene rings is 2. The molecule has 1 amide bonds. The van der Waals surface area contributed by atoms with E-state index in [0.717, 1.165) is 49.1 Å². The SMILES string of the molecule is COc1cccc(/C=N\NC(=O)C[NH+]2CC[NH+](Cc3ccccc3Cl)CC2)c1. The number of hydrogen-bond donors (Lipinski definition) is 3. The molecule has 3 N–H and O–H groups in total. The fraction of sp³-hybridized carbons (Fsp3) is 0.333. The predicted octanol–water partition coefficient (Wildman–Crippen LogP) is -0.218. The first-order chi connectivity index (χ1) is 13.6. The maximum atomic E-state index is 12.1. The van der Waals surface area contributed by atoms with Gasteiger partial charge in [-0.3, -0.25) is 4.79 Å². The van der Waals surface area contributed by atoms with Crippen LogP contribution in [0.1, 0.15) is 11.1 Å². The van der Waals surface area contributed by atoms with E-state index in [1.807, 2.05) is 42.5 Å². The highest BCUT2D eigenvalue weighted by molar-refractivity contribution is 6.31. The lowest BCUT2D eigenvalue weighted by Gasteiger charge is -2.29. The monoisotopic (exact) mass is 402 g/mol. The van der Waals surface area contributed by atoms with E-state index in [-0.39, 0.29) is 5.91 Å². The van der Waals surface area contributed by atoms with Gasteiger partial charge in [0.1, 0.15) is 38.5 Å². The zero-order valence-corrected chi connectivity index (χ0v) is 16.8. The number of methoxy groups -OCH3 is 1. The fourth-order valence-corrected chi connectivity index (χ4v) is 3.59. The lowest BCUT2D eigenvalue weighted by atomic mass is 10.2. The highest BCUT2D eigenvalue weighted by atomic mass is 35.5. The van der Waals surface area contributed by atoms with Crippen LogP contribution in [0.25, 0.3) is 0 Å². The highest BCUT2D eigenvalue weighted by Gasteiger charge is 2.25. The van der Waals surface area contributed by atoms with E-state index < -0.39 is 0 Å². The van der Waals surface area contributed by atoms with Crippen molar-refractivity contribution in [2.24, 2.45) is 5.10 Å². The van der Waals surface area contributed by atoms with Crippen LogP contribution in [0.4, 0.5) is 0 Å². The van der Waals surface area contributed by atoms with Gasteiger partial charge in [0.05, 0.1) is 13.3 Å². The summed E-state index contributed by atoms with van der Waals surface area (Å²) in [5.41, 5.74) is 4.68. The number of nitrogens with zero attached hydrogens (tertiary/aromatic N) is 1. The fourth-order valence-electron chi connectivity index (χ4n) is 3.39. The maximum Gasteiger partial charge on any atom is 0.295 e. The Hall–Kier alpha value is -2.41. The molecule has 7 heteroatoms. The molecule has 6 nitrogen and oxygen atoms in total. The van der Waals surface area contributed by atoms with E-state index in [0.29, 0.717) is 6.54 Å². The lowest BCUT2D eigenvalue weighted by Crippen LogP contribution is -3.28. The molecule has 0 aromatic heterocycles. The first kappa shape index (κ1) is 20.3. The van der Waals surface area contributed by atoms with Gasteiger partial charge in [-0.2, -0.15) is 5.10 Å². The van der Waals surface area contributed by atoms with Gasteiger partial charge in [0.15, 0.2) is 6.54 Å². The molecule has 2 aromatic carbocycles. The van der Waals surface area contributed by atoms with Gasteiger partial charge in [-0.05, 0) is 23.8 Å². The average molecular weight is 403 g/mol. The number of carbonyl (C=O) groups excluding carboxylic acids is 1. The molecule has 0 atom stereocenters. The molecule has 0 saturated carbocycles. The van der Waals surface area contributed by atoms with Crippen LogP contribution in [0.5, 0.6) is 5.75 Å². The van der Waals surface area contributed by atoms with Gasteiger partial charge in [0, 0.05) is 10.6 Å².